The summed E-state index contributed by atoms with van der Waals surface area (Å²) < 4.78 is 0. The van der Waals surface area contributed by atoms with Crippen LogP contribution < -0.4 is 5.32 Å². The summed E-state index contributed by atoms with van der Waals surface area (Å²) in [6, 6.07) is 5.22. The predicted molar refractivity (Wildman–Crippen MR) is 69.8 cm³/mol. The molecule has 1 N–H and O–H groups in total. The number of aryl methyl sites for hydroxylation is 3. The maximum Gasteiger partial charge on any atom is 0.0354 e. The average Bonchev–Trinajstić information content (AvgIpc) is 2.64. The lowest BCUT2D eigenvalue weighted by Crippen LogP contribution is -2.20. The van der Waals surface area contributed by atoms with E-state index in [1.165, 1.54) is 36.1 Å². The van der Waals surface area contributed by atoms with Crippen LogP contribution in [0.3, 0.4) is 0 Å². The second-order valence-electron chi connectivity index (χ2n) is 5.20. The third kappa shape index (κ3) is 2.01. The number of hydrogen-bond donors (Lipinski definition) is 1. The first-order valence-corrected chi connectivity index (χ1v) is 6.44. The van der Waals surface area contributed by atoms with Crippen molar-refractivity contribution in [3.63, 3.8) is 0 Å². The summed E-state index contributed by atoms with van der Waals surface area (Å²) in [5.74, 6) is 0.820. The largest absolute Gasteiger partial charge is 0.310 e. The van der Waals surface area contributed by atoms with Crippen LogP contribution in [-0.4, -0.2) is 6.54 Å². The lowest BCUT2D eigenvalue weighted by Gasteiger charge is -2.23. The number of rotatable bonds is 2. The Labute approximate surface area is 99.3 Å². The summed E-state index contributed by atoms with van der Waals surface area (Å²) >= 11 is 0. The SMILES string of the molecule is CC[C@@H]1CCN[C@@H]1c1c(C)cc(C)cc1C. The van der Waals surface area contributed by atoms with Crippen molar-refractivity contribution < 1.29 is 0 Å². The highest BCUT2D eigenvalue weighted by Crippen LogP contribution is 2.35. The van der Waals surface area contributed by atoms with Crippen molar-refractivity contribution in [2.24, 2.45) is 5.92 Å². The van der Waals surface area contributed by atoms with E-state index in [1.807, 2.05) is 0 Å². The van der Waals surface area contributed by atoms with Crippen molar-refractivity contribution in [1.82, 2.24) is 5.32 Å². The molecule has 1 aromatic rings. The molecule has 0 unspecified atom stereocenters. The van der Waals surface area contributed by atoms with E-state index in [1.54, 1.807) is 5.56 Å². The molecule has 0 radical (unpaired) electrons. The van der Waals surface area contributed by atoms with Crippen LogP contribution in [-0.2, 0) is 0 Å². The minimum absolute atomic E-state index is 0.589. The normalized spacial score (nSPS) is 25.0. The fourth-order valence-electron chi connectivity index (χ4n) is 3.22. The van der Waals surface area contributed by atoms with Gasteiger partial charge in [0, 0.05) is 6.04 Å². The average molecular weight is 217 g/mol. The molecule has 0 aliphatic carbocycles. The standard InChI is InChI=1S/C15H23N/c1-5-13-6-7-16-15(13)14-11(3)8-10(2)9-12(14)4/h8-9,13,15-16H,5-7H2,1-4H3/t13-,15+/m1/s1. The minimum atomic E-state index is 0.589. The van der Waals surface area contributed by atoms with Gasteiger partial charge < -0.3 is 5.32 Å². The Morgan fingerprint density at radius 3 is 2.38 bits per heavy atom. The van der Waals surface area contributed by atoms with Gasteiger partial charge in [-0.05, 0) is 56.3 Å². The number of hydrogen-bond acceptors (Lipinski definition) is 1. The summed E-state index contributed by atoms with van der Waals surface area (Å²) in [7, 11) is 0. The molecule has 0 saturated carbocycles. The highest BCUT2D eigenvalue weighted by molar-refractivity contribution is 5.40. The van der Waals surface area contributed by atoms with Gasteiger partial charge in [-0.25, -0.2) is 0 Å². The minimum Gasteiger partial charge on any atom is -0.310 e. The Morgan fingerprint density at radius 1 is 1.19 bits per heavy atom. The lowest BCUT2D eigenvalue weighted by molar-refractivity contribution is 0.446. The molecule has 16 heavy (non-hydrogen) atoms. The van der Waals surface area contributed by atoms with Crippen molar-refractivity contribution in [3.8, 4) is 0 Å². The number of nitrogens with one attached hydrogen (secondary N) is 1. The molecule has 1 fully saturated rings. The molecule has 1 heterocycles. The van der Waals surface area contributed by atoms with Crippen LogP contribution in [0.5, 0.6) is 0 Å². The Bertz CT molecular complexity index is 358. The highest BCUT2D eigenvalue weighted by Gasteiger charge is 2.28. The van der Waals surface area contributed by atoms with E-state index in [0.29, 0.717) is 6.04 Å². The maximum atomic E-state index is 3.68. The van der Waals surface area contributed by atoms with Gasteiger partial charge in [0.05, 0.1) is 0 Å². The molecule has 1 heteroatoms. The van der Waals surface area contributed by atoms with E-state index in [0.717, 1.165) is 5.92 Å². The zero-order chi connectivity index (χ0) is 11.7. The molecule has 0 amide bonds. The van der Waals surface area contributed by atoms with Crippen LogP contribution >= 0.6 is 0 Å². The van der Waals surface area contributed by atoms with Crippen molar-refractivity contribution >= 4 is 0 Å². The van der Waals surface area contributed by atoms with Gasteiger partial charge in [-0.1, -0.05) is 31.0 Å². The van der Waals surface area contributed by atoms with Crippen LogP contribution in [0.15, 0.2) is 12.1 Å². The fourth-order valence-corrected chi connectivity index (χ4v) is 3.22. The van der Waals surface area contributed by atoms with Crippen molar-refractivity contribution in [3.05, 3.63) is 34.4 Å². The fraction of sp³-hybridized carbons (Fsp3) is 0.600. The third-order valence-electron chi connectivity index (χ3n) is 3.92. The molecule has 0 aromatic heterocycles. The van der Waals surface area contributed by atoms with Crippen LogP contribution in [0.25, 0.3) is 0 Å². The quantitative estimate of drug-likeness (QED) is 0.797. The Balaban J connectivity index is 2.39. The first kappa shape index (κ1) is 11.7. The van der Waals surface area contributed by atoms with Gasteiger partial charge in [0.1, 0.15) is 0 Å². The molecule has 1 aliphatic heterocycles. The van der Waals surface area contributed by atoms with Crippen LogP contribution in [0.4, 0.5) is 0 Å². The van der Waals surface area contributed by atoms with Gasteiger partial charge in [0.15, 0.2) is 0 Å². The monoisotopic (exact) mass is 217 g/mol. The van der Waals surface area contributed by atoms with E-state index < -0.39 is 0 Å². The third-order valence-corrected chi connectivity index (χ3v) is 3.92. The van der Waals surface area contributed by atoms with E-state index in [4.69, 9.17) is 0 Å². The summed E-state index contributed by atoms with van der Waals surface area (Å²) in [6.07, 6.45) is 2.61. The van der Waals surface area contributed by atoms with Gasteiger partial charge in [0.25, 0.3) is 0 Å². The van der Waals surface area contributed by atoms with Crippen LogP contribution in [0.1, 0.15) is 48.1 Å². The molecule has 0 spiro atoms. The Hall–Kier alpha value is -0.820. The summed E-state index contributed by atoms with van der Waals surface area (Å²) in [6.45, 7) is 10.2. The Kier molecular flexibility index (Phi) is 3.34. The zero-order valence-corrected chi connectivity index (χ0v) is 10.9. The Morgan fingerprint density at radius 2 is 1.81 bits per heavy atom. The molecule has 0 bridgehead atoms. The second kappa shape index (κ2) is 4.58. The van der Waals surface area contributed by atoms with Gasteiger partial charge in [-0.2, -0.15) is 0 Å². The van der Waals surface area contributed by atoms with Crippen molar-refractivity contribution in [2.45, 2.75) is 46.6 Å². The molecular weight excluding hydrogens is 194 g/mol. The molecule has 1 saturated heterocycles. The zero-order valence-electron chi connectivity index (χ0n) is 10.9. The van der Waals surface area contributed by atoms with Crippen LogP contribution in [0, 0.1) is 26.7 Å². The second-order valence-corrected chi connectivity index (χ2v) is 5.20. The molecule has 1 aliphatic rings. The van der Waals surface area contributed by atoms with E-state index in [-0.39, 0.29) is 0 Å². The van der Waals surface area contributed by atoms with E-state index in [2.05, 4.69) is 45.1 Å². The van der Waals surface area contributed by atoms with Gasteiger partial charge in [-0.3, -0.25) is 0 Å². The predicted octanol–water partition coefficient (Wildman–Crippen LogP) is 3.67. The van der Waals surface area contributed by atoms with E-state index in [9.17, 15) is 0 Å². The lowest BCUT2D eigenvalue weighted by atomic mass is 9.86. The summed E-state index contributed by atoms with van der Waals surface area (Å²) in [4.78, 5) is 0. The topological polar surface area (TPSA) is 12.0 Å². The smallest absolute Gasteiger partial charge is 0.0354 e. The summed E-state index contributed by atoms with van der Waals surface area (Å²) in [5, 5.41) is 3.68. The first-order valence-electron chi connectivity index (χ1n) is 6.44. The maximum absolute atomic E-state index is 3.68. The van der Waals surface area contributed by atoms with Crippen molar-refractivity contribution in [1.29, 1.82) is 0 Å². The van der Waals surface area contributed by atoms with Gasteiger partial charge in [0.2, 0.25) is 0 Å². The molecule has 2 rings (SSSR count). The molecule has 2 atom stereocenters. The first-order chi connectivity index (χ1) is 7.63. The molecule has 88 valence electrons. The molecule has 1 aromatic carbocycles. The van der Waals surface area contributed by atoms with E-state index >= 15 is 0 Å². The molecular formula is C15H23N. The van der Waals surface area contributed by atoms with Crippen molar-refractivity contribution in [2.75, 3.05) is 6.54 Å². The van der Waals surface area contributed by atoms with Gasteiger partial charge >= 0.3 is 0 Å². The highest BCUT2D eigenvalue weighted by atomic mass is 15.0. The number of benzene rings is 1. The molecule has 1 nitrogen and oxygen atoms in total. The van der Waals surface area contributed by atoms with Gasteiger partial charge in [-0.15, -0.1) is 0 Å². The summed E-state index contributed by atoms with van der Waals surface area (Å²) in [5.41, 5.74) is 5.84. The van der Waals surface area contributed by atoms with Crippen LogP contribution in [0.2, 0.25) is 0 Å².